The molecule has 154 valence electrons. The van der Waals surface area contributed by atoms with E-state index in [0.717, 1.165) is 30.6 Å². The molecular formula is C15H12F4O7S2. The lowest BCUT2D eigenvalue weighted by Crippen LogP contribution is -2.28. The van der Waals surface area contributed by atoms with Crippen LogP contribution in [0.15, 0.2) is 12.1 Å². The minimum atomic E-state index is -6.16. The van der Waals surface area contributed by atoms with Gasteiger partial charge < -0.3 is 14.0 Å². The summed E-state index contributed by atoms with van der Waals surface area (Å²) < 4.78 is 83.3. The van der Waals surface area contributed by atoms with Gasteiger partial charge in [-0.3, -0.25) is 9.59 Å². The van der Waals surface area contributed by atoms with Crippen LogP contribution in [0.4, 0.5) is 17.6 Å². The third-order valence-electron chi connectivity index (χ3n) is 3.57. The van der Waals surface area contributed by atoms with Crippen LogP contribution in [0, 0.1) is 11.7 Å². The van der Waals surface area contributed by atoms with Gasteiger partial charge in [-0.1, -0.05) is 6.92 Å². The molecule has 0 aliphatic rings. The van der Waals surface area contributed by atoms with Crippen LogP contribution in [0.5, 0.6) is 11.5 Å². The Labute approximate surface area is 159 Å². The topological polar surface area (TPSA) is 107 Å². The molecule has 2 aromatic rings. The Balaban J connectivity index is 2.53. The first-order valence-corrected chi connectivity index (χ1v) is 9.57. The third-order valence-corrected chi connectivity index (χ3v) is 5.64. The van der Waals surface area contributed by atoms with Crippen molar-refractivity contribution >= 4 is 43.3 Å². The van der Waals surface area contributed by atoms with Crippen molar-refractivity contribution in [2.24, 2.45) is 5.92 Å². The molecule has 0 saturated heterocycles. The number of hydrogen-bond acceptors (Lipinski definition) is 7. The second kappa shape index (κ2) is 7.54. The van der Waals surface area contributed by atoms with E-state index >= 15 is 0 Å². The van der Waals surface area contributed by atoms with Crippen molar-refractivity contribution in [2.75, 3.05) is 7.11 Å². The zero-order chi connectivity index (χ0) is 21.4. The number of ether oxygens (including phenoxy) is 1. The van der Waals surface area contributed by atoms with Crippen molar-refractivity contribution in [1.82, 2.24) is 0 Å². The number of halogens is 4. The maximum atomic E-state index is 14.7. The Kier molecular flexibility index (Phi) is 5.90. The highest BCUT2D eigenvalue weighted by atomic mass is 32.2. The molecule has 7 nitrogen and oxygen atoms in total. The number of carboxylic acids is 1. The molecule has 0 bridgehead atoms. The molecule has 0 amide bonds. The van der Waals surface area contributed by atoms with E-state index < -0.39 is 50.6 Å². The Morgan fingerprint density at radius 1 is 1.29 bits per heavy atom. The molecule has 0 fully saturated rings. The molecule has 1 unspecified atom stereocenters. The number of alkyl halides is 3. The van der Waals surface area contributed by atoms with Crippen LogP contribution in [0.3, 0.4) is 0 Å². The molecule has 0 aliphatic carbocycles. The lowest BCUT2D eigenvalue weighted by atomic mass is 10.0. The summed E-state index contributed by atoms with van der Waals surface area (Å²) in [5.74, 6) is -6.24. The predicted molar refractivity (Wildman–Crippen MR) is 89.7 cm³/mol. The Morgan fingerprint density at radius 3 is 2.39 bits per heavy atom. The van der Waals surface area contributed by atoms with Gasteiger partial charge in [-0.05, 0) is 6.07 Å². The predicted octanol–water partition coefficient (Wildman–Crippen LogP) is 3.57. The number of carboxylic acid groups (broad SMARTS) is 1. The van der Waals surface area contributed by atoms with E-state index in [9.17, 15) is 35.6 Å². The number of carbonyl (C=O) groups is 2. The molecule has 0 radical (unpaired) electrons. The first-order valence-electron chi connectivity index (χ1n) is 7.35. The second-order valence-electron chi connectivity index (χ2n) is 5.59. The largest absolute Gasteiger partial charge is 0.534 e. The summed E-state index contributed by atoms with van der Waals surface area (Å²) in [6.45, 7) is 1.30. The average molecular weight is 444 g/mol. The van der Waals surface area contributed by atoms with E-state index in [1.807, 2.05) is 0 Å². The number of rotatable bonds is 7. The number of thiophene rings is 1. The van der Waals surface area contributed by atoms with Gasteiger partial charge in [0.25, 0.3) is 0 Å². The molecule has 13 heteroatoms. The fraction of sp³-hybridized carbons (Fsp3) is 0.333. The molecule has 1 heterocycles. The van der Waals surface area contributed by atoms with Crippen LogP contribution in [-0.2, 0) is 14.9 Å². The van der Waals surface area contributed by atoms with Crippen LogP contribution in [0.2, 0.25) is 0 Å². The summed E-state index contributed by atoms with van der Waals surface area (Å²) in [6.07, 6.45) is -0.382. The van der Waals surface area contributed by atoms with E-state index in [1.54, 1.807) is 0 Å². The maximum absolute atomic E-state index is 14.7. The normalized spacial score (nSPS) is 13.4. The number of ketones is 1. The summed E-state index contributed by atoms with van der Waals surface area (Å²) in [4.78, 5) is 22.9. The highest BCUT2D eigenvalue weighted by molar-refractivity contribution is 7.88. The van der Waals surface area contributed by atoms with Crippen molar-refractivity contribution in [3.63, 3.8) is 0 Å². The summed E-state index contributed by atoms with van der Waals surface area (Å²) in [5, 5.41) is 8.48. The molecule has 2 rings (SSSR count). The van der Waals surface area contributed by atoms with E-state index in [-0.39, 0.29) is 21.4 Å². The van der Waals surface area contributed by atoms with E-state index in [0.29, 0.717) is 0 Å². The highest BCUT2D eigenvalue weighted by Crippen LogP contribution is 2.42. The van der Waals surface area contributed by atoms with E-state index in [1.165, 1.54) is 6.92 Å². The van der Waals surface area contributed by atoms with Gasteiger partial charge in [0.15, 0.2) is 17.3 Å². The molecule has 1 aromatic carbocycles. The molecule has 1 N–H and O–H groups in total. The van der Waals surface area contributed by atoms with Crippen LogP contribution < -0.4 is 8.92 Å². The number of fused-ring (bicyclic) bond motifs is 1. The van der Waals surface area contributed by atoms with Crippen LogP contribution >= 0.6 is 11.3 Å². The van der Waals surface area contributed by atoms with Gasteiger partial charge in [-0.15, -0.1) is 11.3 Å². The summed E-state index contributed by atoms with van der Waals surface area (Å²) in [5.41, 5.74) is -5.79. The number of hydrogen-bond donors (Lipinski definition) is 1. The Morgan fingerprint density at radius 2 is 1.89 bits per heavy atom. The standard InChI is InChI=1S/C15H12F4O7S2/c1-6(14(21)22)3-8(20)11-4-7-10(27-11)5-9(25-2)13(12(7)16)26-28(23,24)15(17,18)19/h4-6H,3H2,1-2H3,(H,21,22). The number of Topliss-reactive ketones (excluding diaryl/α,β-unsaturated/α-hetero) is 1. The number of methoxy groups -OCH3 is 1. The van der Waals surface area contributed by atoms with Crippen LogP contribution in [0.1, 0.15) is 23.0 Å². The fourth-order valence-electron chi connectivity index (χ4n) is 2.09. The fourth-order valence-corrected chi connectivity index (χ4v) is 3.59. The van der Waals surface area contributed by atoms with E-state index in [4.69, 9.17) is 9.84 Å². The molecule has 1 atom stereocenters. The van der Waals surface area contributed by atoms with Crippen LogP contribution in [-0.4, -0.2) is 37.9 Å². The molecule has 1 aromatic heterocycles. The molecule has 0 spiro atoms. The van der Waals surface area contributed by atoms with Crippen LogP contribution in [0.25, 0.3) is 10.1 Å². The minimum Gasteiger partial charge on any atom is -0.493 e. The smallest absolute Gasteiger partial charge is 0.493 e. The van der Waals surface area contributed by atoms with Gasteiger partial charge in [0.2, 0.25) is 5.75 Å². The van der Waals surface area contributed by atoms with E-state index in [2.05, 4.69) is 4.18 Å². The zero-order valence-corrected chi connectivity index (χ0v) is 15.8. The summed E-state index contributed by atoms with van der Waals surface area (Å²) in [6, 6.07) is 2.00. The van der Waals surface area contributed by atoms with Crippen molar-refractivity contribution in [1.29, 1.82) is 0 Å². The van der Waals surface area contributed by atoms with Gasteiger partial charge in [0.1, 0.15) is 0 Å². The third kappa shape index (κ3) is 4.19. The van der Waals surface area contributed by atoms with Crippen molar-refractivity contribution < 1.29 is 49.6 Å². The van der Waals surface area contributed by atoms with Crippen molar-refractivity contribution in [3.8, 4) is 11.5 Å². The molecule has 0 saturated carbocycles. The lowest BCUT2D eigenvalue weighted by molar-refractivity contribution is -0.141. The molecular weight excluding hydrogens is 432 g/mol. The monoisotopic (exact) mass is 444 g/mol. The zero-order valence-electron chi connectivity index (χ0n) is 14.2. The number of benzene rings is 1. The summed E-state index contributed by atoms with van der Waals surface area (Å²) >= 11 is 0.745. The minimum absolute atomic E-state index is 0.0557. The number of aliphatic carboxylic acids is 1. The summed E-state index contributed by atoms with van der Waals surface area (Å²) in [7, 11) is -5.20. The maximum Gasteiger partial charge on any atom is 0.534 e. The van der Waals surface area contributed by atoms with Gasteiger partial charge >= 0.3 is 21.6 Å². The van der Waals surface area contributed by atoms with Gasteiger partial charge in [0, 0.05) is 22.6 Å². The Hall–Kier alpha value is -2.41. The quantitative estimate of drug-likeness (QED) is 0.301. The number of carbonyl (C=O) groups excluding carboxylic acids is 1. The molecule has 0 aliphatic heterocycles. The van der Waals surface area contributed by atoms with Crippen molar-refractivity contribution in [2.45, 2.75) is 18.9 Å². The van der Waals surface area contributed by atoms with Gasteiger partial charge in [-0.25, -0.2) is 4.39 Å². The second-order valence-corrected chi connectivity index (χ2v) is 8.22. The lowest BCUT2D eigenvalue weighted by Gasteiger charge is -2.13. The highest BCUT2D eigenvalue weighted by Gasteiger charge is 2.49. The molecule has 28 heavy (non-hydrogen) atoms. The SMILES string of the molecule is COc1cc2sc(C(=O)CC(C)C(=O)O)cc2c(F)c1OS(=O)(=O)C(F)(F)F. The van der Waals surface area contributed by atoms with Crippen molar-refractivity contribution in [3.05, 3.63) is 22.8 Å². The van der Waals surface area contributed by atoms with Gasteiger partial charge in [-0.2, -0.15) is 21.6 Å². The first-order chi connectivity index (χ1) is 12.8. The van der Waals surface area contributed by atoms with Gasteiger partial charge in [0.05, 0.1) is 17.9 Å². The average Bonchev–Trinajstić information content (AvgIpc) is 3.00. The Bertz CT molecular complexity index is 1040. The first kappa shape index (κ1) is 21.9.